The van der Waals surface area contributed by atoms with Crippen molar-refractivity contribution in [2.75, 3.05) is 0 Å². The first-order valence-corrected chi connectivity index (χ1v) is 5.88. The molecule has 2 rings (SSSR count). The molecule has 1 aromatic carbocycles. The van der Waals surface area contributed by atoms with Gasteiger partial charge in [-0.05, 0) is 12.1 Å². The van der Waals surface area contributed by atoms with E-state index in [2.05, 4.69) is 46.0 Å². The minimum absolute atomic E-state index is 0.322. The van der Waals surface area contributed by atoms with Gasteiger partial charge in [-0.2, -0.15) is 6.08 Å². The van der Waals surface area contributed by atoms with Crippen LogP contribution >= 0.6 is 0 Å². The van der Waals surface area contributed by atoms with Crippen LogP contribution < -0.4 is 0 Å². The average Bonchev–Trinajstić information content (AvgIpc) is 2.75. The van der Waals surface area contributed by atoms with E-state index in [1.165, 1.54) is 3.81 Å². The molecule has 0 saturated carbocycles. The van der Waals surface area contributed by atoms with E-state index in [4.69, 9.17) is 5.11 Å². The number of phenols is 1. The van der Waals surface area contributed by atoms with Crippen molar-refractivity contribution in [3.8, 4) is 5.75 Å². The van der Waals surface area contributed by atoms with Gasteiger partial charge in [0.25, 0.3) is 0 Å². The molecule has 0 bridgehead atoms. The molecule has 2 heteroatoms. The largest absolute Gasteiger partial charge is 0.508 e. The first-order valence-electron chi connectivity index (χ1n) is 5.10. The summed E-state index contributed by atoms with van der Waals surface area (Å²) in [6.45, 7) is 4.17. The summed E-state index contributed by atoms with van der Waals surface area (Å²) in [5.41, 5.74) is 0. The van der Waals surface area contributed by atoms with Gasteiger partial charge in [0.1, 0.15) is 5.75 Å². The van der Waals surface area contributed by atoms with Gasteiger partial charge in [0.05, 0.1) is 0 Å². The van der Waals surface area contributed by atoms with E-state index >= 15 is 0 Å². The van der Waals surface area contributed by atoms with Crippen LogP contribution in [0.3, 0.4) is 0 Å². The number of phenolic OH excluding ortho intramolecular Hbond substituents is 1. The van der Waals surface area contributed by atoms with E-state index in [0.29, 0.717) is 5.75 Å². The number of para-hydroxylation sites is 1. The van der Waals surface area contributed by atoms with Crippen molar-refractivity contribution >= 4 is 3.81 Å². The molecule has 0 radical (unpaired) electrons. The fraction of sp³-hybridized carbons (Fsp3) is 0.214. The minimum Gasteiger partial charge on any atom is -0.508 e. The third-order valence-electron chi connectivity index (χ3n) is 1.34. The van der Waals surface area contributed by atoms with Crippen LogP contribution in [0.2, 0.25) is 0 Å². The molecule has 1 aromatic rings. The van der Waals surface area contributed by atoms with E-state index in [0.717, 1.165) is 6.42 Å². The SMILES string of the molecule is C[C](C)=[Ti+].Oc1ccccc1.[C-]1=CC=CC1. The summed E-state index contributed by atoms with van der Waals surface area (Å²) < 4.78 is 1.42. The van der Waals surface area contributed by atoms with Crippen LogP contribution in [0.5, 0.6) is 5.75 Å². The fourth-order valence-corrected chi connectivity index (χ4v) is 0.768. The Hall–Kier alpha value is -0.916. The molecule has 0 spiro atoms. The Morgan fingerprint density at radius 2 is 1.81 bits per heavy atom. The van der Waals surface area contributed by atoms with Crippen LogP contribution in [0.15, 0.2) is 48.6 Å². The summed E-state index contributed by atoms with van der Waals surface area (Å²) in [6.07, 6.45) is 10.0. The van der Waals surface area contributed by atoms with Gasteiger partial charge in [-0.1, -0.05) is 18.2 Å². The number of rotatable bonds is 0. The van der Waals surface area contributed by atoms with Crippen molar-refractivity contribution in [2.24, 2.45) is 0 Å². The molecule has 1 aliphatic rings. The van der Waals surface area contributed by atoms with E-state index in [9.17, 15) is 0 Å². The van der Waals surface area contributed by atoms with Gasteiger partial charge in [0.2, 0.25) is 0 Å². The second kappa shape index (κ2) is 10.6. The Balaban J connectivity index is 0.000000222. The van der Waals surface area contributed by atoms with Gasteiger partial charge in [0, 0.05) is 0 Å². The van der Waals surface area contributed by atoms with E-state index in [-0.39, 0.29) is 0 Å². The van der Waals surface area contributed by atoms with Gasteiger partial charge in [-0.15, -0.1) is 6.42 Å². The smallest absolute Gasteiger partial charge is 0.115 e. The first-order chi connectivity index (χ1) is 7.63. The number of allylic oxidation sites excluding steroid dienone is 4. The van der Waals surface area contributed by atoms with Crippen LogP contribution in [-0.4, -0.2) is 8.92 Å². The maximum absolute atomic E-state index is 8.63. The van der Waals surface area contributed by atoms with Gasteiger partial charge in [-0.25, -0.2) is 12.2 Å². The number of benzene rings is 1. The molecule has 0 heterocycles. The van der Waals surface area contributed by atoms with Crippen LogP contribution in [-0.2, 0) is 20.0 Å². The maximum atomic E-state index is 8.63. The molecule has 0 fully saturated rings. The zero-order valence-corrected chi connectivity index (χ0v) is 11.3. The third-order valence-corrected chi connectivity index (χ3v) is 1.34. The van der Waals surface area contributed by atoms with E-state index < -0.39 is 0 Å². The topological polar surface area (TPSA) is 20.2 Å². The van der Waals surface area contributed by atoms with E-state index in [1.807, 2.05) is 18.2 Å². The zero-order chi connectivity index (χ0) is 12.2. The Labute approximate surface area is 109 Å². The van der Waals surface area contributed by atoms with Crippen LogP contribution in [0.4, 0.5) is 0 Å². The van der Waals surface area contributed by atoms with Crippen LogP contribution in [0.25, 0.3) is 0 Å². The van der Waals surface area contributed by atoms with Gasteiger partial charge in [0.15, 0.2) is 0 Å². The molecule has 0 amide bonds. The number of aromatic hydroxyl groups is 1. The Morgan fingerprint density at radius 1 is 1.25 bits per heavy atom. The number of hydrogen-bond acceptors (Lipinski definition) is 1. The fourth-order valence-electron chi connectivity index (χ4n) is 0.768. The Bertz CT molecular complexity index is 325. The van der Waals surface area contributed by atoms with Gasteiger partial charge < -0.3 is 5.11 Å². The molecule has 83 valence electrons. The molecule has 1 nitrogen and oxygen atoms in total. The molecule has 0 aromatic heterocycles. The molecule has 1 N–H and O–H groups in total. The molecule has 0 aliphatic heterocycles. The number of hydrogen-bond donors (Lipinski definition) is 1. The third kappa shape index (κ3) is 13.1. The quantitative estimate of drug-likeness (QED) is 0.551. The molecule has 1 aliphatic carbocycles. The minimum atomic E-state index is 0.322. The monoisotopic (exact) mass is 249 g/mol. The summed E-state index contributed by atoms with van der Waals surface area (Å²) in [4.78, 5) is 0. The summed E-state index contributed by atoms with van der Waals surface area (Å²) in [6, 6.07) is 8.71. The van der Waals surface area contributed by atoms with Crippen LogP contribution in [0.1, 0.15) is 20.3 Å². The predicted octanol–water partition coefficient (Wildman–Crippen LogP) is 3.44. The molecule has 16 heavy (non-hydrogen) atoms. The summed E-state index contributed by atoms with van der Waals surface area (Å²) in [5, 5.41) is 8.63. The summed E-state index contributed by atoms with van der Waals surface area (Å²) in [7, 11) is 0. The van der Waals surface area contributed by atoms with Gasteiger partial charge >= 0.3 is 37.6 Å². The Kier molecular flexibility index (Phi) is 9.99. The molecular formula is C14H17OTi. The predicted molar refractivity (Wildman–Crippen MR) is 66.0 cm³/mol. The second-order valence-corrected chi connectivity index (χ2v) is 4.90. The van der Waals surface area contributed by atoms with Crippen molar-refractivity contribution in [3.05, 3.63) is 54.6 Å². The standard InChI is InChI=1S/C6H6O.C5H5.C3H6.Ti/c7-6-4-2-1-3-5-6;1-2-4-5-3-1;1-3-2;/h1-5,7H;1-3H,4H2;1-2H3;/q;-1;;+1. The zero-order valence-electron chi connectivity index (χ0n) is 9.77. The average molecular weight is 249 g/mol. The summed E-state index contributed by atoms with van der Waals surface area (Å²) >= 11 is 2.08. The molecule has 0 atom stereocenters. The Morgan fingerprint density at radius 3 is 2.00 bits per heavy atom. The molecule has 0 unspecified atom stereocenters. The first kappa shape index (κ1) is 15.1. The van der Waals surface area contributed by atoms with Crippen molar-refractivity contribution in [2.45, 2.75) is 20.3 Å². The molecule has 0 saturated heterocycles. The van der Waals surface area contributed by atoms with E-state index in [1.54, 1.807) is 24.3 Å². The molecular weight excluding hydrogens is 232 g/mol. The van der Waals surface area contributed by atoms with Crippen molar-refractivity contribution < 1.29 is 25.1 Å². The van der Waals surface area contributed by atoms with Crippen molar-refractivity contribution in [3.63, 3.8) is 0 Å². The van der Waals surface area contributed by atoms with Crippen LogP contribution in [0, 0.1) is 6.08 Å². The normalized spacial score (nSPS) is 11.0. The van der Waals surface area contributed by atoms with Crippen molar-refractivity contribution in [1.29, 1.82) is 0 Å². The van der Waals surface area contributed by atoms with Gasteiger partial charge in [-0.3, -0.25) is 6.08 Å². The maximum Gasteiger partial charge on any atom is 0.115 e. The summed E-state index contributed by atoms with van der Waals surface area (Å²) in [5.74, 6) is 0.322. The second-order valence-electron chi connectivity index (χ2n) is 3.34. The van der Waals surface area contributed by atoms with Crippen molar-refractivity contribution in [1.82, 2.24) is 0 Å².